The molecule has 0 aliphatic rings. The Labute approximate surface area is 113 Å². The number of hydrogen-bond donors (Lipinski definition) is 1. The van der Waals surface area contributed by atoms with Crippen molar-refractivity contribution in [2.75, 3.05) is 0 Å². The van der Waals surface area contributed by atoms with Crippen molar-refractivity contribution < 1.29 is 9.90 Å². The van der Waals surface area contributed by atoms with Crippen molar-refractivity contribution in [2.24, 2.45) is 0 Å². The molecule has 0 fully saturated rings. The van der Waals surface area contributed by atoms with Gasteiger partial charge in [0.1, 0.15) is 0 Å². The van der Waals surface area contributed by atoms with Gasteiger partial charge in [0, 0.05) is 11.8 Å². The van der Waals surface area contributed by atoms with Gasteiger partial charge in [-0.25, -0.2) is 14.3 Å². The number of halogens is 1. The summed E-state index contributed by atoms with van der Waals surface area (Å²) in [7, 11) is 0. The SMILES string of the molecule is O=C(O)c1cccc(-c2nc3c(Cl)cccn3n2)c1. The number of carboxylic acid groups (broad SMARTS) is 1. The van der Waals surface area contributed by atoms with Gasteiger partial charge in [-0.15, -0.1) is 5.10 Å². The molecular weight excluding hydrogens is 266 g/mol. The van der Waals surface area contributed by atoms with Gasteiger partial charge in [0.25, 0.3) is 0 Å². The van der Waals surface area contributed by atoms with Crippen LogP contribution in [0.15, 0.2) is 42.6 Å². The molecule has 0 saturated heterocycles. The molecule has 0 amide bonds. The molecular formula is C13H8ClN3O2. The van der Waals surface area contributed by atoms with E-state index in [-0.39, 0.29) is 5.56 Å². The normalized spacial score (nSPS) is 10.8. The van der Waals surface area contributed by atoms with E-state index in [1.165, 1.54) is 12.1 Å². The topological polar surface area (TPSA) is 67.5 Å². The van der Waals surface area contributed by atoms with Gasteiger partial charge < -0.3 is 5.11 Å². The van der Waals surface area contributed by atoms with Gasteiger partial charge >= 0.3 is 5.97 Å². The second-order valence-corrected chi connectivity index (χ2v) is 4.35. The number of rotatable bonds is 2. The van der Waals surface area contributed by atoms with E-state index in [0.717, 1.165) is 0 Å². The zero-order chi connectivity index (χ0) is 13.4. The predicted molar refractivity (Wildman–Crippen MR) is 70.4 cm³/mol. The van der Waals surface area contributed by atoms with Gasteiger partial charge in [-0.1, -0.05) is 23.7 Å². The highest BCUT2D eigenvalue weighted by atomic mass is 35.5. The number of fused-ring (bicyclic) bond motifs is 1. The molecule has 3 aromatic rings. The lowest BCUT2D eigenvalue weighted by atomic mass is 10.1. The molecule has 0 saturated carbocycles. The first-order valence-corrected chi connectivity index (χ1v) is 5.87. The Kier molecular flexibility index (Phi) is 2.68. The van der Waals surface area contributed by atoms with Crippen LogP contribution in [0.5, 0.6) is 0 Å². The Morgan fingerprint density at radius 3 is 2.84 bits per heavy atom. The highest BCUT2D eigenvalue weighted by molar-refractivity contribution is 6.33. The average molecular weight is 274 g/mol. The number of carboxylic acids is 1. The van der Waals surface area contributed by atoms with E-state index in [2.05, 4.69) is 10.1 Å². The zero-order valence-electron chi connectivity index (χ0n) is 9.62. The minimum absolute atomic E-state index is 0.197. The maximum atomic E-state index is 10.9. The fourth-order valence-electron chi connectivity index (χ4n) is 1.79. The molecule has 2 heterocycles. The predicted octanol–water partition coefficient (Wildman–Crippen LogP) is 2.75. The number of nitrogens with zero attached hydrogens (tertiary/aromatic N) is 3. The Morgan fingerprint density at radius 2 is 2.11 bits per heavy atom. The molecule has 0 aliphatic carbocycles. The summed E-state index contributed by atoms with van der Waals surface area (Å²) in [5.41, 5.74) is 1.38. The Bertz CT molecular complexity index is 782. The minimum Gasteiger partial charge on any atom is -0.478 e. The molecule has 1 aromatic carbocycles. The van der Waals surface area contributed by atoms with Gasteiger partial charge in [-0.05, 0) is 24.3 Å². The minimum atomic E-state index is -0.983. The van der Waals surface area contributed by atoms with Crippen LogP contribution in [-0.2, 0) is 0 Å². The molecule has 2 aromatic heterocycles. The smallest absolute Gasteiger partial charge is 0.335 e. The number of carbonyl (C=O) groups is 1. The van der Waals surface area contributed by atoms with Crippen LogP contribution in [0.2, 0.25) is 5.02 Å². The third-order valence-corrected chi connectivity index (χ3v) is 2.98. The molecule has 1 N–H and O–H groups in total. The molecule has 0 aliphatic heterocycles. The first kappa shape index (κ1) is 11.7. The number of aromatic nitrogens is 3. The van der Waals surface area contributed by atoms with Crippen molar-refractivity contribution in [1.29, 1.82) is 0 Å². The molecule has 5 nitrogen and oxygen atoms in total. The van der Waals surface area contributed by atoms with Crippen LogP contribution in [0.25, 0.3) is 17.0 Å². The van der Waals surface area contributed by atoms with Crippen LogP contribution in [0.4, 0.5) is 0 Å². The van der Waals surface area contributed by atoms with Crippen LogP contribution in [0, 0.1) is 0 Å². The highest BCUT2D eigenvalue weighted by Crippen LogP contribution is 2.21. The fraction of sp³-hybridized carbons (Fsp3) is 0. The number of hydrogen-bond acceptors (Lipinski definition) is 3. The quantitative estimate of drug-likeness (QED) is 0.779. The number of aromatic carboxylic acids is 1. The summed E-state index contributed by atoms with van der Waals surface area (Å²) in [4.78, 5) is 15.3. The third-order valence-electron chi connectivity index (χ3n) is 2.68. The monoisotopic (exact) mass is 273 g/mol. The second-order valence-electron chi connectivity index (χ2n) is 3.95. The number of benzene rings is 1. The van der Waals surface area contributed by atoms with Gasteiger partial charge in [-0.3, -0.25) is 0 Å². The second kappa shape index (κ2) is 4.37. The van der Waals surface area contributed by atoms with Gasteiger partial charge in [-0.2, -0.15) is 0 Å². The third kappa shape index (κ3) is 2.04. The summed E-state index contributed by atoms with van der Waals surface area (Å²) in [5, 5.41) is 13.7. The Balaban J connectivity index is 2.16. The summed E-state index contributed by atoms with van der Waals surface area (Å²) >= 11 is 6.02. The van der Waals surface area contributed by atoms with Gasteiger partial charge in [0.2, 0.25) is 0 Å². The summed E-state index contributed by atoms with van der Waals surface area (Å²) < 4.78 is 1.56. The molecule has 0 bridgehead atoms. The highest BCUT2D eigenvalue weighted by Gasteiger charge is 2.10. The lowest BCUT2D eigenvalue weighted by Gasteiger charge is -1.97. The van der Waals surface area contributed by atoms with Gasteiger partial charge in [0.15, 0.2) is 11.5 Å². The van der Waals surface area contributed by atoms with Crippen LogP contribution >= 0.6 is 11.6 Å². The van der Waals surface area contributed by atoms with E-state index in [9.17, 15) is 4.79 Å². The van der Waals surface area contributed by atoms with E-state index < -0.39 is 5.97 Å². The van der Waals surface area contributed by atoms with Crippen LogP contribution in [0.3, 0.4) is 0 Å². The van der Waals surface area contributed by atoms with E-state index in [4.69, 9.17) is 16.7 Å². The van der Waals surface area contributed by atoms with Gasteiger partial charge in [0.05, 0.1) is 10.6 Å². The van der Waals surface area contributed by atoms with Crippen molar-refractivity contribution in [2.45, 2.75) is 0 Å². The molecule has 0 radical (unpaired) electrons. The Hall–Kier alpha value is -2.40. The molecule has 0 atom stereocenters. The first-order chi connectivity index (χ1) is 9.15. The Morgan fingerprint density at radius 1 is 1.26 bits per heavy atom. The van der Waals surface area contributed by atoms with E-state index in [1.54, 1.807) is 35.0 Å². The largest absolute Gasteiger partial charge is 0.478 e. The maximum Gasteiger partial charge on any atom is 0.335 e. The van der Waals surface area contributed by atoms with Crippen LogP contribution < -0.4 is 0 Å². The molecule has 6 heteroatoms. The fourth-order valence-corrected chi connectivity index (χ4v) is 1.99. The van der Waals surface area contributed by atoms with Crippen molar-refractivity contribution in [1.82, 2.24) is 14.6 Å². The lowest BCUT2D eigenvalue weighted by Crippen LogP contribution is -1.96. The summed E-state index contributed by atoms with van der Waals surface area (Å²) in [6.07, 6.45) is 1.73. The van der Waals surface area contributed by atoms with Crippen molar-refractivity contribution >= 4 is 23.2 Å². The first-order valence-electron chi connectivity index (χ1n) is 5.50. The van der Waals surface area contributed by atoms with E-state index >= 15 is 0 Å². The standard InChI is InChI=1S/C13H8ClN3O2/c14-10-5-2-6-17-12(10)15-11(16-17)8-3-1-4-9(7-8)13(18)19/h1-7H,(H,18,19). The summed E-state index contributed by atoms with van der Waals surface area (Å²) in [6.45, 7) is 0. The van der Waals surface area contributed by atoms with Crippen LogP contribution in [-0.4, -0.2) is 25.7 Å². The van der Waals surface area contributed by atoms with Crippen molar-refractivity contribution in [3.63, 3.8) is 0 Å². The number of pyridine rings is 1. The van der Waals surface area contributed by atoms with Crippen molar-refractivity contribution in [3.8, 4) is 11.4 Å². The lowest BCUT2D eigenvalue weighted by molar-refractivity contribution is 0.0697. The molecule has 0 spiro atoms. The van der Waals surface area contributed by atoms with Crippen LogP contribution in [0.1, 0.15) is 10.4 Å². The van der Waals surface area contributed by atoms with E-state index in [1.807, 2.05) is 0 Å². The molecule has 3 rings (SSSR count). The molecule has 0 unspecified atom stereocenters. The summed E-state index contributed by atoms with van der Waals surface area (Å²) in [6, 6.07) is 9.96. The maximum absolute atomic E-state index is 10.9. The van der Waals surface area contributed by atoms with E-state index in [0.29, 0.717) is 22.1 Å². The molecule has 19 heavy (non-hydrogen) atoms. The zero-order valence-corrected chi connectivity index (χ0v) is 10.4. The summed E-state index contributed by atoms with van der Waals surface area (Å²) in [5.74, 6) is -0.542. The average Bonchev–Trinajstić information content (AvgIpc) is 2.84. The molecule has 94 valence electrons. The van der Waals surface area contributed by atoms with Crippen molar-refractivity contribution in [3.05, 3.63) is 53.2 Å².